The van der Waals surface area contributed by atoms with Crippen LogP contribution < -0.4 is 15.5 Å². The highest BCUT2D eigenvalue weighted by Gasteiger charge is 2.13. The second-order valence-corrected chi connectivity index (χ2v) is 4.32. The lowest BCUT2D eigenvalue weighted by Gasteiger charge is -2.12. The van der Waals surface area contributed by atoms with Crippen molar-refractivity contribution < 1.29 is 9.21 Å². The Balaban J connectivity index is 2.48. The number of nitrogens with zero attached hydrogens (tertiary/aromatic N) is 3. The normalized spacial score (nSPS) is 10.7. The van der Waals surface area contributed by atoms with Crippen molar-refractivity contribution in [2.24, 2.45) is 0 Å². The number of nitrogens with one attached hydrogen (secondary N) is 2. The van der Waals surface area contributed by atoms with Gasteiger partial charge in [0, 0.05) is 19.6 Å². The summed E-state index contributed by atoms with van der Waals surface area (Å²) in [6, 6.07) is 0.704. The number of anilines is 1. The van der Waals surface area contributed by atoms with E-state index in [1.54, 1.807) is 11.9 Å². The lowest BCUT2D eigenvalue weighted by molar-refractivity contribution is -0.119. The number of rotatable bonds is 7. The van der Waals surface area contributed by atoms with Gasteiger partial charge < -0.3 is 20.0 Å². The summed E-state index contributed by atoms with van der Waals surface area (Å²) in [5.74, 6) is 0.446. The number of aromatic nitrogens is 2. The molecule has 1 heterocycles. The summed E-state index contributed by atoms with van der Waals surface area (Å²) in [5, 5.41) is 13.7. The molecule has 0 bridgehead atoms. The number of carbonyl (C=O) groups excluding carboxylic acids is 1. The fourth-order valence-electron chi connectivity index (χ4n) is 1.30. The molecule has 0 atom stereocenters. The molecule has 1 aromatic heterocycles. The minimum atomic E-state index is -0.0694. The van der Waals surface area contributed by atoms with Gasteiger partial charge >= 0.3 is 6.01 Å². The molecule has 0 radical (unpaired) electrons. The highest BCUT2D eigenvalue weighted by Crippen LogP contribution is 2.09. The Morgan fingerprint density at radius 2 is 2.17 bits per heavy atom. The molecule has 1 rings (SSSR count). The number of hydrogen-bond donors (Lipinski definition) is 2. The summed E-state index contributed by atoms with van der Waals surface area (Å²) in [6.45, 7) is 7.30. The second kappa shape index (κ2) is 6.95. The maximum Gasteiger partial charge on any atom is 0.318 e. The Hall–Kier alpha value is -1.63. The van der Waals surface area contributed by atoms with Crippen molar-refractivity contribution in [3.05, 3.63) is 5.89 Å². The van der Waals surface area contributed by atoms with Gasteiger partial charge in [-0.05, 0) is 6.92 Å². The highest BCUT2D eigenvalue weighted by molar-refractivity contribution is 5.80. The van der Waals surface area contributed by atoms with Gasteiger partial charge in [-0.25, -0.2) is 0 Å². The quantitative estimate of drug-likeness (QED) is 0.721. The van der Waals surface area contributed by atoms with E-state index in [1.165, 1.54) is 0 Å². The first-order valence-electron chi connectivity index (χ1n) is 6.06. The summed E-state index contributed by atoms with van der Waals surface area (Å²) >= 11 is 0. The van der Waals surface area contributed by atoms with Gasteiger partial charge in [-0.2, -0.15) is 0 Å². The molecule has 0 saturated carbocycles. The Kier molecular flexibility index (Phi) is 5.57. The highest BCUT2D eigenvalue weighted by atomic mass is 16.4. The molecular formula is C11H21N5O2. The summed E-state index contributed by atoms with van der Waals surface area (Å²) in [4.78, 5) is 13.0. The van der Waals surface area contributed by atoms with Crippen LogP contribution in [0.4, 0.5) is 6.01 Å². The Bertz CT molecular complexity index is 377. The maximum atomic E-state index is 11.4. The van der Waals surface area contributed by atoms with Gasteiger partial charge in [0.05, 0.1) is 6.54 Å². The van der Waals surface area contributed by atoms with Crippen molar-refractivity contribution >= 4 is 11.9 Å². The predicted molar refractivity (Wildman–Crippen MR) is 68.2 cm³/mol. The zero-order valence-corrected chi connectivity index (χ0v) is 11.4. The molecule has 0 unspecified atom stereocenters. The molecular weight excluding hydrogens is 234 g/mol. The van der Waals surface area contributed by atoms with Gasteiger partial charge in [0.1, 0.15) is 6.54 Å². The summed E-state index contributed by atoms with van der Waals surface area (Å²) in [7, 11) is 1.74. The van der Waals surface area contributed by atoms with E-state index < -0.39 is 0 Å². The molecule has 0 aromatic carbocycles. The summed E-state index contributed by atoms with van der Waals surface area (Å²) < 4.78 is 5.44. The number of carbonyl (C=O) groups is 1. The van der Waals surface area contributed by atoms with Gasteiger partial charge in [0.15, 0.2) is 0 Å². The van der Waals surface area contributed by atoms with E-state index in [2.05, 4.69) is 20.8 Å². The molecule has 0 saturated heterocycles. The second-order valence-electron chi connectivity index (χ2n) is 4.32. The average Bonchev–Trinajstić information content (AvgIpc) is 2.75. The first kappa shape index (κ1) is 14.4. The zero-order valence-electron chi connectivity index (χ0n) is 11.4. The van der Waals surface area contributed by atoms with Crippen LogP contribution >= 0.6 is 0 Å². The molecule has 1 aromatic rings. The predicted octanol–water partition coefficient (Wildman–Crippen LogP) is 0.140. The van der Waals surface area contributed by atoms with E-state index in [9.17, 15) is 4.79 Å². The van der Waals surface area contributed by atoms with Crippen LogP contribution in [-0.4, -0.2) is 42.3 Å². The number of hydrogen-bond acceptors (Lipinski definition) is 6. The van der Waals surface area contributed by atoms with Gasteiger partial charge in [0.2, 0.25) is 11.8 Å². The van der Waals surface area contributed by atoms with Crippen LogP contribution in [0, 0.1) is 0 Å². The summed E-state index contributed by atoms with van der Waals surface area (Å²) in [5.41, 5.74) is 0. The van der Waals surface area contributed by atoms with Gasteiger partial charge in [0.25, 0.3) is 0 Å². The first-order valence-corrected chi connectivity index (χ1v) is 6.06. The fourth-order valence-corrected chi connectivity index (χ4v) is 1.30. The third kappa shape index (κ3) is 4.70. The third-order valence-electron chi connectivity index (χ3n) is 2.20. The molecule has 0 aliphatic carbocycles. The molecule has 0 spiro atoms. The van der Waals surface area contributed by atoms with Crippen LogP contribution in [0.2, 0.25) is 0 Å². The molecule has 102 valence electrons. The van der Waals surface area contributed by atoms with Crippen LogP contribution in [0.1, 0.15) is 26.7 Å². The molecule has 7 nitrogen and oxygen atoms in total. The minimum Gasteiger partial charge on any atom is -0.407 e. The topological polar surface area (TPSA) is 83.3 Å². The Labute approximate surface area is 107 Å². The fraction of sp³-hybridized carbons (Fsp3) is 0.727. The van der Waals surface area contributed by atoms with Crippen molar-refractivity contribution in [3.8, 4) is 0 Å². The molecule has 18 heavy (non-hydrogen) atoms. The van der Waals surface area contributed by atoms with Crippen LogP contribution in [0.15, 0.2) is 4.42 Å². The monoisotopic (exact) mass is 255 g/mol. The number of amides is 1. The molecule has 0 fully saturated rings. The van der Waals surface area contributed by atoms with Crippen molar-refractivity contribution in [3.63, 3.8) is 0 Å². The van der Waals surface area contributed by atoms with E-state index in [0.29, 0.717) is 31.0 Å². The number of likely N-dealkylation sites (N-methyl/N-ethyl adjacent to an activating group) is 2. The van der Waals surface area contributed by atoms with Crippen molar-refractivity contribution in [1.82, 2.24) is 20.8 Å². The average molecular weight is 255 g/mol. The molecule has 7 heteroatoms. The van der Waals surface area contributed by atoms with E-state index >= 15 is 0 Å². The van der Waals surface area contributed by atoms with Crippen molar-refractivity contribution in [2.75, 3.05) is 25.0 Å². The first-order chi connectivity index (χ1) is 8.52. The maximum absolute atomic E-state index is 11.4. The van der Waals surface area contributed by atoms with Crippen LogP contribution in [-0.2, 0) is 11.3 Å². The van der Waals surface area contributed by atoms with E-state index in [0.717, 1.165) is 0 Å². The van der Waals surface area contributed by atoms with Gasteiger partial charge in [-0.3, -0.25) is 4.79 Å². The molecule has 0 aliphatic rings. The molecule has 1 amide bonds. The Morgan fingerprint density at radius 1 is 1.44 bits per heavy atom. The van der Waals surface area contributed by atoms with Crippen molar-refractivity contribution in [1.29, 1.82) is 0 Å². The summed E-state index contributed by atoms with van der Waals surface area (Å²) in [6.07, 6.45) is 0. The molecule has 2 N–H and O–H groups in total. The lowest BCUT2D eigenvalue weighted by atomic mass is 10.4. The van der Waals surface area contributed by atoms with Crippen LogP contribution in [0.5, 0.6) is 0 Å². The SMILES string of the molecule is CCNC(=O)CN(C)c1nnc(CNC(C)C)o1. The van der Waals surface area contributed by atoms with Gasteiger partial charge in [-0.1, -0.05) is 18.9 Å². The zero-order chi connectivity index (χ0) is 13.5. The minimum absolute atomic E-state index is 0.0694. The van der Waals surface area contributed by atoms with Crippen LogP contribution in [0.25, 0.3) is 0 Å². The third-order valence-corrected chi connectivity index (χ3v) is 2.20. The Morgan fingerprint density at radius 3 is 2.78 bits per heavy atom. The van der Waals surface area contributed by atoms with Crippen molar-refractivity contribution in [2.45, 2.75) is 33.4 Å². The van der Waals surface area contributed by atoms with Crippen LogP contribution in [0.3, 0.4) is 0 Å². The largest absolute Gasteiger partial charge is 0.407 e. The molecule has 0 aliphatic heterocycles. The van der Waals surface area contributed by atoms with Gasteiger partial charge in [-0.15, -0.1) is 5.10 Å². The smallest absolute Gasteiger partial charge is 0.318 e. The lowest BCUT2D eigenvalue weighted by Crippen LogP contribution is -2.35. The van der Waals surface area contributed by atoms with E-state index in [4.69, 9.17) is 4.42 Å². The van der Waals surface area contributed by atoms with E-state index in [1.807, 2.05) is 20.8 Å². The standard InChI is InChI=1S/C11H21N5O2/c1-5-12-9(17)7-16(4)11-15-14-10(18-11)6-13-8(2)3/h8,13H,5-7H2,1-4H3,(H,12,17). The van der Waals surface area contributed by atoms with E-state index in [-0.39, 0.29) is 12.5 Å².